The third-order valence-electron chi connectivity index (χ3n) is 4.16. The maximum Gasteiger partial charge on any atom is 0.336 e. The predicted octanol–water partition coefficient (Wildman–Crippen LogP) is 4.54. The molecule has 0 saturated carbocycles. The van der Waals surface area contributed by atoms with E-state index < -0.39 is 5.63 Å². The van der Waals surface area contributed by atoms with Gasteiger partial charge in [-0.05, 0) is 48.9 Å². The minimum atomic E-state index is -0.455. The van der Waals surface area contributed by atoms with Crippen LogP contribution < -0.4 is 5.63 Å². The Morgan fingerprint density at radius 1 is 1.22 bits per heavy atom. The van der Waals surface area contributed by atoms with Crippen LogP contribution in [0.25, 0.3) is 22.4 Å². The Hall–Kier alpha value is -2.77. The molecule has 0 aliphatic rings. The topological polar surface area (TPSA) is 92.0 Å². The number of thioether (sulfide) groups is 1. The van der Waals surface area contributed by atoms with E-state index >= 15 is 0 Å². The number of phenols is 1. The monoisotopic (exact) mass is 399 g/mol. The van der Waals surface area contributed by atoms with Crippen LogP contribution >= 0.6 is 23.4 Å². The lowest BCUT2D eigenvalue weighted by Gasteiger charge is -2.07. The standard InChI is InChI=1S/C19H14ClN3O3S/c1-10-15(24)7-6-14-12(8-16(25)26-17(10)14)9-27-19-21-18(22-23-19)11-2-4-13(20)5-3-11/h2-8,24H,9H2,1H3,(H,21,22,23). The van der Waals surface area contributed by atoms with Gasteiger partial charge in [0.2, 0.25) is 5.16 Å². The summed E-state index contributed by atoms with van der Waals surface area (Å²) in [6.07, 6.45) is 0. The maximum atomic E-state index is 11.9. The fourth-order valence-corrected chi connectivity index (χ4v) is 3.64. The largest absolute Gasteiger partial charge is 0.508 e. The summed E-state index contributed by atoms with van der Waals surface area (Å²) in [5, 5.41) is 19.0. The van der Waals surface area contributed by atoms with Crippen LogP contribution in [0.3, 0.4) is 0 Å². The molecule has 0 saturated heterocycles. The van der Waals surface area contributed by atoms with Crippen LogP contribution in [0, 0.1) is 6.92 Å². The minimum Gasteiger partial charge on any atom is -0.508 e. The van der Waals surface area contributed by atoms with Crippen molar-refractivity contribution >= 4 is 34.3 Å². The molecule has 27 heavy (non-hydrogen) atoms. The first kappa shape index (κ1) is 17.6. The van der Waals surface area contributed by atoms with E-state index in [2.05, 4.69) is 15.2 Å². The lowest BCUT2D eigenvalue weighted by Crippen LogP contribution is -2.01. The molecule has 0 atom stereocenters. The van der Waals surface area contributed by atoms with Crippen molar-refractivity contribution in [2.75, 3.05) is 0 Å². The fourth-order valence-electron chi connectivity index (χ4n) is 2.73. The van der Waals surface area contributed by atoms with E-state index in [1.807, 2.05) is 12.1 Å². The highest BCUT2D eigenvalue weighted by molar-refractivity contribution is 7.98. The SMILES string of the molecule is Cc1c(O)ccc2c(CSc3n[nH]c(-c4ccc(Cl)cc4)n3)cc(=O)oc12. The van der Waals surface area contributed by atoms with Crippen molar-refractivity contribution in [3.05, 3.63) is 69.0 Å². The van der Waals surface area contributed by atoms with Crippen LogP contribution in [-0.2, 0) is 5.75 Å². The van der Waals surface area contributed by atoms with Crippen molar-refractivity contribution in [2.24, 2.45) is 0 Å². The Balaban J connectivity index is 1.60. The van der Waals surface area contributed by atoms with E-state index in [1.54, 1.807) is 31.2 Å². The molecule has 0 spiro atoms. The van der Waals surface area contributed by atoms with Crippen LogP contribution in [0.4, 0.5) is 0 Å². The van der Waals surface area contributed by atoms with Gasteiger partial charge in [-0.3, -0.25) is 5.10 Å². The van der Waals surface area contributed by atoms with Crippen molar-refractivity contribution in [1.29, 1.82) is 0 Å². The zero-order valence-electron chi connectivity index (χ0n) is 14.2. The third-order valence-corrected chi connectivity index (χ3v) is 5.31. The molecule has 4 rings (SSSR count). The van der Waals surface area contributed by atoms with Crippen molar-refractivity contribution in [2.45, 2.75) is 17.8 Å². The van der Waals surface area contributed by atoms with Gasteiger partial charge >= 0.3 is 5.63 Å². The average Bonchev–Trinajstić information content (AvgIpc) is 3.13. The van der Waals surface area contributed by atoms with E-state index in [9.17, 15) is 9.90 Å². The molecule has 2 aromatic carbocycles. The molecule has 4 aromatic rings. The van der Waals surface area contributed by atoms with Crippen LogP contribution in [0.1, 0.15) is 11.1 Å². The Morgan fingerprint density at radius 3 is 2.78 bits per heavy atom. The number of H-pyrrole nitrogens is 1. The number of phenolic OH excluding ortho intramolecular Hbond substituents is 1. The van der Waals surface area contributed by atoms with Gasteiger partial charge in [-0.2, -0.15) is 0 Å². The van der Waals surface area contributed by atoms with E-state index in [4.69, 9.17) is 16.0 Å². The molecular formula is C19H14ClN3O3S. The second kappa shape index (κ2) is 7.09. The van der Waals surface area contributed by atoms with E-state index in [1.165, 1.54) is 17.8 Å². The number of nitrogens with one attached hydrogen (secondary N) is 1. The van der Waals surface area contributed by atoms with Gasteiger partial charge in [0.15, 0.2) is 5.82 Å². The van der Waals surface area contributed by atoms with E-state index in [0.29, 0.717) is 32.9 Å². The molecule has 6 nitrogen and oxygen atoms in total. The summed E-state index contributed by atoms with van der Waals surface area (Å²) in [7, 11) is 0. The number of rotatable bonds is 4. The summed E-state index contributed by atoms with van der Waals surface area (Å²) in [4.78, 5) is 16.4. The summed E-state index contributed by atoms with van der Waals surface area (Å²) in [6, 6.07) is 12.1. The number of aryl methyl sites for hydroxylation is 1. The number of benzene rings is 2. The summed E-state index contributed by atoms with van der Waals surface area (Å²) in [5.41, 5.74) is 2.17. The number of hydrogen-bond acceptors (Lipinski definition) is 6. The summed E-state index contributed by atoms with van der Waals surface area (Å²) in [5.74, 6) is 1.23. The maximum absolute atomic E-state index is 11.9. The lowest BCUT2D eigenvalue weighted by molar-refractivity contribution is 0.468. The van der Waals surface area contributed by atoms with Gasteiger partial charge in [0, 0.05) is 33.4 Å². The van der Waals surface area contributed by atoms with E-state index in [-0.39, 0.29) is 5.75 Å². The first-order chi connectivity index (χ1) is 13.0. The molecule has 0 unspecified atom stereocenters. The first-order valence-corrected chi connectivity index (χ1v) is 9.44. The molecule has 0 aliphatic carbocycles. The molecule has 0 fully saturated rings. The smallest absolute Gasteiger partial charge is 0.336 e. The molecule has 2 aromatic heterocycles. The van der Waals surface area contributed by atoms with Crippen LogP contribution in [0.15, 0.2) is 56.8 Å². The number of hydrogen-bond donors (Lipinski definition) is 2. The molecule has 0 radical (unpaired) electrons. The van der Waals surface area contributed by atoms with Gasteiger partial charge in [-0.1, -0.05) is 23.4 Å². The van der Waals surface area contributed by atoms with Gasteiger partial charge in [0.05, 0.1) is 0 Å². The van der Waals surface area contributed by atoms with Crippen molar-refractivity contribution in [3.8, 4) is 17.1 Å². The summed E-state index contributed by atoms with van der Waals surface area (Å²) < 4.78 is 5.26. The third kappa shape index (κ3) is 3.56. The molecule has 136 valence electrons. The van der Waals surface area contributed by atoms with Crippen LogP contribution in [-0.4, -0.2) is 20.3 Å². The van der Waals surface area contributed by atoms with Gasteiger partial charge in [-0.15, -0.1) is 5.10 Å². The molecule has 8 heteroatoms. The van der Waals surface area contributed by atoms with Gasteiger partial charge < -0.3 is 9.52 Å². The molecule has 0 amide bonds. The first-order valence-electron chi connectivity index (χ1n) is 8.08. The second-order valence-corrected chi connectivity index (χ2v) is 7.32. The number of aromatic amines is 1. The highest BCUT2D eigenvalue weighted by Crippen LogP contribution is 2.30. The highest BCUT2D eigenvalue weighted by Gasteiger charge is 2.12. The number of fused-ring (bicyclic) bond motifs is 1. The van der Waals surface area contributed by atoms with E-state index in [0.717, 1.165) is 16.5 Å². The van der Waals surface area contributed by atoms with Crippen LogP contribution in [0.5, 0.6) is 5.75 Å². The van der Waals surface area contributed by atoms with Crippen molar-refractivity contribution < 1.29 is 9.52 Å². The molecular weight excluding hydrogens is 386 g/mol. The zero-order chi connectivity index (χ0) is 19.0. The predicted molar refractivity (Wildman–Crippen MR) is 105 cm³/mol. The molecule has 2 N–H and O–H groups in total. The summed E-state index contributed by atoms with van der Waals surface area (Å²) >= 11 is 7.31. The number of nitrogens with zero attached hydrogens (tertiary/aromatic N) is 2. The number of aromatic nitrogens is 3. The average molecular weight is 400 g/mol. The second-order valence-electron chi connectivity index (χ2n) is 5.94. The highest BCUT2D eigenvalue weighted by atomic mass is 35.5. The number of aromatic hydroxyl groups is 1. The lowest BCUT2D eigenvalue weighted by atomic mass is 10.1. The number of halogens is 1. The van der Waals surface area contributed by atoms with Crippen LogP contribution in [0.2, 0.25) is 5.02 Å². The summed E-state index contributed by atoms with van der Waals surface area (Å²) in [6.45, 7) is 1.71. The quantitative estimate of drug-likeness (QED) is 0.386. The fraction of sp³-hybridized carbons (Fsp3) is 0.105. The van der Waals surface area contributed by atoms with Gasteiger partial charge in [0.25, 0.3) is 0 Å². The van der Waals surface area contributed by atoms with Gasteiger partial charge in [-0.25, -0.2) is 9.78 Å². The zero-order valence-corrected chi connectivity index (χ0v) is 15.8. The molecule has 0 bridgehead atoms. The molecule has 0 aliphatic heterocycles. The normalized spacial score (nSPS) is 11.2. The van der Waals surface area contributed by atoms with Crippen molar-refractivity contribution in [3.63, 3.8) is 0 Å². The minimum absolute atomic E-state index is 0.0945. The van der Waals surface area contributed by atoms with Crippen molar-refractivity contribution in [1.82, 2.24) is 15.2 Å². The Morgan fingerprint density at radius 2 is 2.00 bits per heavy atom. The Bertz CT molecular complexity index is 1190. The Labute approximate surface area is 163 Å². The Kier molecular flexibility index (Phi) is 4.63. The molecule has 2 heterocycles. The van der Waals surface area contributed by atoms with Gasteiger partial charge in [0.1, 0.15) is 11.3 Å².